The standard InChI is InChI=1S/C17H13NO5/c1-23-17(22)13-6-7-14(10-20)15(8-13)18-16(21)12-4-2-11(9-19)3-5-12/h2-10H,1H3,(H,18,21). The van der Waals surface area contributed by atoms with Crippen LogP contribution in [-0.4, -0.2) is 31.6 Å². The van der Waals surface area contributed by atoms with Crippen LogP contribution in [-0.2, 0) is 4.74 Å². The average molecular weight is 311 g/mol. The minimum atomic E-state index is -0.576. The van der Waals surface area contributed by atoms with E-state index in [0.717, 1.165) is 0 Å². The number of ether oxygens (including phenoxy) is 1. The zero-order chi connectivity index (χ0) is 16.8. The van der Waals surface area contributed by atoms with Crippen molar-refractivity contribution in [2.45, 2.75) is 0 Å². The van der Waals surface area contributed by atoms with Crippen LogP contribution in [0.4, 0.5) is 5.69 Å². The monoisotopic (exact) mass is 311 g/mol. The Labute approximate surface area is 132 Å². The van der Waals surface area contributed by atoms with Gasteiger partial charge in [0.2, 0.25) is 0 Å². The number of nitrogens with one attached hydrogen (secondary N) is 1. The Hall–Kier alpha value is -3.28. The topological polar surface area (TPSA) is 89.5 Å². The highest BCUT2D eigenvalue weighted by Crippen LogP contribution is 2.18. The second-order valence-corrected chi connectivity index (χ2v) is 4.61. The molecule has 2 aromatic carbocycles. The SMILES string of the molecule is COC(=O)c1ccc(C=O)c(NC(=O)c2ccc(C=O)cc2)c1. The predicted molar refractivity (Wildman–Crippen MR) is 83.0 cm³/mol. The lowest BCUT2D eigenvalue weighted by atomic mass is 10.1. The summed E-state index contributed by atoms with van der Waals surface area (Å²) in [4.78, 5) is 45.4. The van der Waals surface area contributed by atoms with Crippen LogP contribution in [0.1, 0.15) is 41.4 Å². The molecule has 0 atom stereocenters. The average Bonchev–Trinajstić information content (AvgIpc) is 2.60. The van der Waals surface area contributed by atoms with Gasteiger partial charge in [0, 0.05) is 16.7 Å². The van der Waals surface area contributed by atoms with Gasteiger partial charge in [0.05, 0.1) is 18.4 Å². The molecule has 0 radical (unpaired) electrons. The van der Waals surface area contributed by atoms with E-state index in [9.17, 15) is 19.2 Å². The number of esters is 1. The van der Waals surface area contributed by atoms with Crippen molar-refractivity contribution in [1.82, 2.24) is 0 Å². The van der Waals surface area contributed by atoms with Gasteiger partial charge in [-0.1, -0.05) is 12.1 Å². The first-order valence-electron chi connectivity index (χ1n) is 6.63. The first kappa shape index (κ1) is 16.1. The van der Waals surface area contributed by atoms with Gasteiger partial charge in [-0.05, 0) is 30.3 Å². The Kier molecular flexibility index (Phi) is 4.99. The van der Waals surface area contributed by atoms with Crippen molar-refractivity contribution < 1.29 is 23.9 Å². The quantitative estimate of drug-likeness (QED) is 0.676. The van der Waals surface area contributed by atoms with Crippen LogP contribution in [0.25, 0.3) is 0 Å². The van der Waals surface area contributed by atoms with Gasteiger partial charge >= 0.3 is 5.97 Å². The van der Waals surface area contributed by atoms with E-state index < -0.39 is 11.9 Å². The third kappa shape index (κ3) is 3.68. The van der Waals surface area contributed by atoms with Gasteiger partial charge in [-0.2, -0.15) is 0 Å². The van der Waals surface area contributed by atoms with Gasteiger partial charge in [-0.25, -0.2) is 4.79 Å². The van der Waals surface area contributed by atoms with Crippen LogP contribution >= 0.6 is 0 Å². The second kappa shape index (κ2) is 7.13. The molecule has 6 heteroatoms. The summed E-state index contributed by atoms with van der Waals surface area (Å²) in [6, 6.07) is 10.2. The minimum Gasteiger partial charge on any atom is -0.465 e. The number of benzene rings is 2. The number of rotatable bonds is 5. The second-order valence-electron chi connectivity index (χ2n) is 4.61. The molecule has 0 fully saturated rings. The van der Waals surface area contributed by atoms with Gasteiger partial charge in [0.1, 0.15) is 6.29 Å². The van der Waals surface area contributed by atoms with E-state index >= 15 is 0 Å². The van der Waals surface area contributed by atoms with Gasteiger partial charge in [0.25, 0.3) is 5.91 Å². The number of carbonyl (C=O) groups is 4. The fourth-order valence-electron chi connectivity index (χ4n) is 1.92. The molecule has 2 rings (SSSR count). The molecule has 1 amide bonds. The molecule has 0 aliphatic rings. The predicted octanol–water partition coefficient (Wildman–Crippen LogP) is 2.35. The molecule has 1 N–H and O–H groups in total. The van der Waals surface area contributed by atoms with Crippen molar-refractivity contribution in [3.63, 3.8) is 0 Å². The van der Waals surface area contributed by atoms with Crippen LogP contribution in [0.15, 0.2) is 42.5 Å². The van der Waals surface area contributed by atoms with Crippen molar-refractivity contribution >= 4 is 30.1 Å². The van der Waals surface area contributed by atoms with Crippen LogP contribution < -0.4 is 5.32 Å². The molecular weight excluding hydrogens is 298 g/mol. The fourth-order valence-corrected chi connectivity index (χ4v) is 1.92. The van der Waals surface area contributed by atoms with Gasteiger partial charge < -0.3 is 10.1 Å². The Morgan fingerprint density at radius 2 is 1.61 bits per heavy atom. The van der Waals surface area contributed by atoms with Gasteiger partial charge in [-0.3, -0.25) is 14.4 Å². The number of anilines is 1. The van der Waals surface area contributed by atoms with Crippen LogP contribution in [0.2, 0.25) is 0 Å². The summed E-state index contributed by atoms with van der Waals surface area (Å²) in [5.41, 5.74) is 1.41. The van der Waals surface area contributed by atoms with Crippen molar-refractivity contribution in [2.24, 2.45) is 0 Å². The Balaban J connectivity index is 2.29. The van der Waals surface area contributed by atoms with Crippen molar-refractivity contribution in [2.75, 3.05) is 12.4 Å². The molecule has 0 heterocycles. The molecule has 0 aromatic heterocycles. The largest absolute Gasteiger partial charge is 0.465 e. The highest BCUT2D eigenvalue weighted by atomic mass is 16.5. The summed E-state index contributed by atoms with van der Waals surface area (Å²) in [5, 5.41) is 2.57. The fraction of sp³-hybridized carbons (Fsp3) is 0.0588. The van der Waals surface area contributed by atoms with E-state index in [2.05, 4.69) is 10.1 Å². The van der Waals surface area contributed by atoms with Crippen molar-refractivity contribution in [3.05, 3.63) is 64.7 Å². The Bertz CT molecular complexity index is 765. The third-order valence-corrected chi connectivity index (χ3v) is 3.16. The maximum atomic E-state index is 12.2. The summed E-state index contributed by atoms with van der Waals surface area (Å²) < 4.78 is 4.61. The molecule has 0 saturated heterocycles. The van der Waals surface area contributed by atoms with Gasteiger partial charge in [0.15, 0.2) is 6.29 Å². The summed E-state index contributed by atoms with van der Waals surface area (Å²) in [5.74, 6) is -1.04. The summed E-state index contributed by atoms with van der Waals surface area (Å²) in [6.45, 7) is 0. The lowest BCUT2D eigenvalue weighted by Crippen LogP contribution is -2.14. The van der Waals surface area contributed by atoms with E-state index in [1.807, 2.05) is 0 Å². The highest BCUT2D eigenvalue weighted by molar-refractivity contribution is 6.07. The van der Waals surface area contributed by atoms with E-state index in [0.29, 0.717) is 23.7 Å². The number of hydrogen-bond donors (Lipinski definition) is 1. The smallest absolute Gasteiger partial charge is 0.337 e. The minimum absolute atomic E-state index is 0.201. The Morgan fingerprint density at radius 1 is 0.957 bits per heavy atom. The van der Waals surface area contributed by atoms with Crippen LogP contribution in [0.3, 0.4) is 0 Å². The lowest BCUT2D eigenvalue weighted by molar-refractivity contribution is 0.0600. The van der Waals surface area contributed by atoms with Gasteiger partial charge in [-0.15, -0.1) is 0 Å². The number of methoxy groups -OCH3 is 1. The molecule has 116 valence electrons. The number of amides is 1. The van der Waals surface area contributed by atoms with E-state index in [1.54, 1.807) is 0 Å². The molecule has 0 unspecified atom stereocenters. The number of aldehydes is 2. The van der Waals surface area contributed by atoms with E-state index in [1.165, 1.54) is 49.6 Å². The molecule has 0 aliphatic heterocycles. The van der Waals surface area contributed by atoms with E-state index in [-0.39, 0.29) is 16.8 Å². The molecule has 2 aromatic rings. The Morgan fingerprint density at radius 3 is 2.17 bits per heavy atom. The molecule has 6 nitrogen and oxygen atoms in total. The van der Waals surface area contributed by atoms with Crippen molar-refractivity contribution in [3.8, 4) is 0 Å². The van der Waals surface area contributed by atoms with Crippen LogP contribution in [0, 0.1) is 0 Å². The maximum Gasteiger partial charge on any atom is 0.337 e. The summed E-state index contributed by atoms with van der Waals surface area (Å²) in [7, 11) is 1.24. The molecule has 23 heavy (non-hydrogen) atoms. The molecule has 0 spiro atoms. The molecular formula is C17H13NO5. The zero-order valence-electron chi connectivity index (χ0n) is 12.2. The van der Waals surface area contributed by atoms with E-state index in [4.69, 9.17) is 0 Å². The first-order chi connectivity index (χ1) is 11.1. The number of carbonyl (C=O) groups excluding carboxylic acids is 4. The number of hydrogen-bond acceptors (Lipinski definition) is 5. The van der Waals surface area contributed by atoms with Crippen LogP contribution in [0.5, 0.6) is 0 Å². The molecule has 0 saturated carbocycles. The highest BCUT2D eigenvalue weighted by Gasteiger charge is 2.13. The van der Waals surface area contributed by atoms with Crippen molar-refractivity contribution in [1.29, 1.82) is 0 Å². The first-order valence-corrected chi connectivity index (χ1v) is 6.63. The summed E-state index contributed by atoms with van der Waals surface area (Å²) in [6.07, 6.45) is 1.25. The normalized spacial score (nSPS) is 9.78. The lowest BCUT2D eigenvalue weighted by Gasteiger charge is -2.09. The summed E-state index contributed by atoms with van der Waals surface area (Å²) >= 11 is 0. The maximum absolute atomic E-state index is 12.2. The molecule has 0 bridgehead atoms. The molecule has 0 aliphatic carbocycles. The zero-order valence-corrected chi connectivity index (χ0v) is 12.2. The third-order valence-electron chi connectivity index (χ3n) is 3.16.